The lowest BCUT2D eigenvalue weighted by molar-refractivity contribution is -0.0727. The zero-order valence-electron chi connectivity index (χ0n) is 16.2. The van der Waals surface area contributed by atoms with E-state index in [-0.39, 0.29) is 0 Å². The summed E-state index contributed by atoms with van der Waals surface area (Å²) in [5.41, 5.74) is 6.58. The van der Waals surface area contributed by atoms with Gasteiger partial charge in [-0.1, -0.05) is 12.5 Å². The van der Waals surface area contributed by atoms with Crippen molar-refractivity contribution in [3.63, 3.8) is 0 Å². The van der Waals surface area contributed by atoms with E-state index < -0.39 is 5.91 Å². The molecule has 2 N–H and O–H groups in total. The monoisotopic (exact) mass is 372 g/mol. The maximum atomic E-state index is 11.3. The molecule has 1 aromatic rings. The Hall–Kier alpha value is -1.50. The number of hydrogen-bond acceptors (Lipinski definition) is 5. The normalized spacial score (nSPS) is 24.0. The van der Waals surface area contributed by atoms with E-state index in [1.165, 1.54) is 45.2 Å². The van der Waals surface area contributed by atoms with Gasteiger partial charge >= 0.3 is 0 Å². The minimum absolute atomic E-state index is 0.346. The van der Waals surface area contributed by atoms with Crippen molar-refractivity contribution in [2.75, 3.05) is 26.2 Å². The number of aromatic nitrogens is 1. The van der Waals surface area contributed by atoms with Crippen molar-refractivity contribution < 1.29 is 9.53 Å². The molecule has 3 heterocycles. The largest absolute Gasteiger partial charge is 0.375 e. The lowest BCUT2D eigenvalue weighted by atomic mass is 9.89. The van der Waals surface area contributed by atoms with Crippen molar-refractivity contribution in [1.29, 1.82) is 0 Å². The predicted molar refractivity (Wildman–Crippen MR) is 104 cm³/mol. The number of nitrogens with two attached hydrogens (primary N) is 1. The molecule has 1 aromatic heterocycles. The molecule has 0 spiro atoms. The molecule has 0 radical (unpaired) electrons. The van der Waals surface area contributed by atoms with E-state index in [0.29, 0.717) is 17.9 Å². The molecule has 148 valence electrons. The number of carbonyl (C=O) groups excluding carboxylic acids is 1. The van der Waals surface area contributed by atoms with Crippen LogP contribution >= 0.6 is 0 Å². The van der Waals surface area contributed by atoms with Crippen LogP contribution in [0.1, 0.15) is 61.1 Å². The van der Waals surface area contributed by atoms with Crippen LogP contribution in [0.3, 0.4) is 0 Å². The Bertz CT molecular complexity index is 633. The van der Waals surface area contributed by atoms with E-state index in [1.807, 2.05) is 12.1 Å². The predicted octanol–water partition coefficient (Wildman–Crippen LogP) is 2.18. The van der Waals surface area contributed by atoms with Crippen LogP contribution in [0.4, 0.5) is 0 Å². The third-order valence-electron chi connectivity index (χ3n) is 6.43. The zero-order chi connectivity index (χ0) is 18.6. The van der Waals surface area contributed by atoms with Gasteiger partial charge in [0, 0.05) is 38.8 Å². The summed E-state index contributed by atoms with van der Waals surface area (Å²) >= 11 is 0. The van der Waals surface area contributed by atoms with Crippen LogP contribution in [0.25, 0.3) is 0 Å². The Morgan fingerprint density at radius 2 is 1.70 bits per heavy atom. The van der Waals surface area contributed by atoms with Gasteiger partial charge in [-0.05, 0) is 50.7 Å². The number of nitrogens with zero attached hydrogens (tertiary/aromatic N) is 3. The fourth-order valence-electron chi connectivity index (χ4n) is 4.54. The molecule has 0 unspecified atom stereocenters. The molecule has 1 amide bonds. The van der Waals surface area contributed by atoms with Gasteiger partial charge < -0.3 is 15.4 Å². The highest BCUT2D eigenvalue weighted by atomic mass is 16.5. The SMILES string of the molecule is NC(=O)c1cccc(CN2CCC(OC3CCN(C4CCC4)CC3)CC2)n1. The summed E-state index contributed by atoms with van der Waals surface area (Å²) in [5, 5.41) is 0. The molecule has 0 aromatic carbocycles. The number of hydrogen-bond donors (Lipinski definition) is 1. The number of piperidine rings is 2. The van der Waals surface area contributed by atoms with Gasteiger partial charge in [0.2, 0.25) is 0 Å². The number of primary amides is 1. The quantitative estimate of drug-likeness (QED) is 0.829. The maximum absolute atomic E-state index is 11.3. The first-order valence-corrected chi connectivity index (χ1v) is 10.5. The van der Waals surface area contributed by atoms with Gasteiger partial charge in [0.25, 0.3) is 5.91 Å². The Morgan fingerprint density at radius 1 is 1.04 bits per heavy atom. The van der Waals surface area contributed by atoms with Gasteiger partial charge in [0.15, 0.2) is 0 Å². The number of carbonyl (C=O) groups is 1. The van der Waals surface area contributed by atoms with Crippen LogP contribution in [-0.2, 0) is 11.3 Å². The minimum atomic E-state index is -0.465. The van der Waals surface area contributed by atoms with E-state index >= 15 is 0 Å². The summed E-state index contributed by atoms with van der Waals surface area (Å²) in [5.74, 6) is -0.465. The topological polar surface area (TPSA) is 71.7 Å². The van der Waals surface area contributed by atoms with Crippen LogP contribution < -0.4 is 5.73 Å². The molecule has 3 fully saturated rings. The summed E-state index contributed by atoms with van der Waals surface area (Å²) in [4.78, 5) is 20.7. The fourth-order valence-corrected chi connectivity index (χ4v) is 4.54. The molecular weight excluding hydrogens is 340 g/mol. The smallest absolute Gasteiger partial charge is 0.267 e. The summed E-state index contributed by atoms with van der Waals surface area (Å²) in [7, 11) is 0. The van der Waals surface area contributed by atoms with Crippen molar-refractivity contribution in [3.8, 4) is 0 Å². The van der Waals surface area contributed by atoms with Gasteiger partial charge in [-0.15, -0.1) is 0 Å². The minimum Gasteiger partial charge on any atom is -0.375 e. The number of likely N-dealkylation sites (tertiary alicyclic amines) is 2. The molecule has 3 aliphatic rings. The first-order valence-electron chi connectivity index (χ1n) is 10.5. The van der Waals surface area contributed by atoms with Gasteiger partial charge in [-0.2, -0.15) is 0 Å². The van der Waals surface area contributed by atoms with Crippen molar-refractivity contribution in [2.45, 2.75) is 69.7 Å². The molecule has 1 saturated carbocycles. The molecule has 6 heteroatoms. The maximum Gasteiger partial charge on any atom is 0.267 e. The highest BCUT2D eigenvalue weighted by Gasteiger charge is 2.30. The Labute approximate surface area is 162 Å². The average molecular weight is 373 g/mol. The van der Waals surface area contributed by atoms with Crippen molar-refractivity contribution in [3.05, 3.63) is 29.6 Å². The number of pyridine rings is 1. The molecule has 1 aliphatic carbocycles. The lowest BCUT2D eigenvalue weighted by Crippen LogP contribution is -2.47. The molecule has 2 saturated heterocycles. The second-order valence-corrected chi connectivity index (χ2v) is 8.31. The number of ether oxygens (including phenoxy) is 1. The van der Waals surface area contributed by atoms with Gasteiger partial charge in [0.1, 0.15) is 5.69 Å². The van der Waals surface area contributed by atoms with E-state index in [2.05, 4.69) is 14.8 Å². The molecule has 27 heavy (non-hydrogen) atoms. The van der Waals surface area contributed by atoms with Crippen LogP contribution in [0, 0.1) is 0 Å². The number of amides is 1. The molecule has 0 atom stereocenters. The molecular formula is C21H32N4O2. The van der Waals surface area contributed by atoms with Gasteiger partial charge in [-0.3, -0.25) is 9.69 Å². The van der Waals surface area contributed by atoms with E-state index in [0.717, 1.165) is 44.2 Å². The first kappa shape index (κ1) is 18.8. The standard InChI is InChI=1S/C21H32N4O2/c22-21(26)20-6-1-3-16(23-20)15-24-11-7-18(8-12-24)27-19-9-13-25(14-10-19)17-4-2-5-17/h1,3,6,17-19H,2,4-5,7-15H2,(H2,22,26). The summed E-state index contributed by atoms with van der Waals surface area (Å²) in [6.07, 6.45) is 9.63. The highest BCUT2D eigenvalue weighted by Crippen LogP contribution is 2.29. The second kappa shape index (κ2) is 8.67. The Morgan fingerprint density at radius 3 is 2.30 bits per heavy atom. The van der Waals surface area contributed by atoms with Crippen LogP contribution in [0.15, 0.2) is 18.2 Å². The van der Waals surface area contributed by atoms with Crippen LogP contribution in [0.5, 0.6) is 0 Å². The van der Waals surface area contributed by atoms with E-state index in [4.69, 9.17) is 10.5 Å². The average Bonchev–Trinajstić information content (AvgIpc) is 2.64. The van der Waals surface area contributed by atoms with Crippen LogP contribution in [0.2, 0.25) is 0 Å². The Kier molecular flexibility index (Phi) is 6.05. The van der Waals surface area contributed by atoms with Crippen molar-refractivity contribution >= 4 is 5.91 Å². The third kappa shape index (κ3) is 4.86. The Balaban J connectivity index is 1.18. The molecule has 4 rings (SSSR count). The molecule has 6 nitrogen and oxygen atoms in total. The van der Waals surface area contributed by atoms with E-state index in [1.54, 1.807) is 6.07 Å². The lowest BCUT2D eigenvalue weighted by Gasteiger charge is -2.42. The number of rotatable bonds is 6. The van der Waals surface area contributed by atoms with Gasteiger partial charge in [0.05, 0.1) is 17.9 Å². The first-order chi connectivity index (χ1) is 13.2. The van der Waals surface area contributed by atoms with Gasteiger partial charge in [-0.25, -0.2) is 4.98 Å². The van der Waals surface area contributed by atoms with Crippen LogP contribution in [-0.4, -0.2) is 65.1 Å². The fraction of sp³-hybridized carbons (Fsp3) is 0.714. The third-order valence-corrected chi connectivity index (χ3v) is 6.43. The summed E-state index contributed by atoms with van der Waals surface area (Å²) in [6.45, 7) is 5.25. The zero-order valence-corrected chi connectivity index (χ0v) is 16.2. The van der Waals surface area contributed by atoms with E-state index in [9.17, 15) is 4.79 Å². The van der Waals surface area contributed by atoms with Crippen molar-refractivity contribution in [1.82, 2.24) is 14.8 Å². The summed E-state index contributed by atoms with van der Waals surface area (Å²) < 4.78 is 6.43. The highest BCUT2D eigenvalue weighted by molar-refractivity contribution is 5.90. The molecule has 2 aliphatic heterocycles. The second-order valence-electron chi connectivity index (χ2n) is 8.31. The van der Waals surface area contributed by atoms with Crippen molar-refractivity contribution in [2.24, 2.45) is 5.73 Å². The summed E-state index contributed by atoms with van der Waals surface area (Å²) in [6, 6.07) is 6.36. The molecule has 0 bridgehead atoms.